The van der Waals surface area contributed by atoms with E-state index in [0.717, 1.165) is 25.7 Å². The van der Waals surface area contributed by atoms with E-state index in [1.54, 1.807) is 0 Å². The van der Waals surface area contributed by atoms with Crippen molar-refractivity contribution in [2.45, 2.75) is 103 Å². The standard InChI is InChI=1S/C19H39NO4S/c1-4-6-8-9-10-11-12-13-14-15-17-25(22,23)20-18(16-7-5-2)19(21)24-3/h18,20H,4-17H2,1-3H3. The average molecular weight is 378 g/mol. The number of carbonyl (C=O) groups excluding carboxylic acids is 1. The van der Waals surface area contributed by atoms with E-state index in [1.165, 1.54) is 52.1 Å². The van der Waals surface area contributed by atoms with Crippen LogP contribution in [0.1, 0.15) is 97.3 Å². The highest BCUT2D eigenvalue weighted by Crippen LogP contribution is 2.11. The summed E-state index contributed by atoms with van der Waals surface area (Å²) in [5.41, 5.74) is 0. The molecule has 0 aliphatic carbocycles. The average Bonchev–Trinajstić information content (AvgIpc) is 2.59. The number of methoxy groups -OCH3 is 1. The third-order valence-corrected chi connectivity index (χ3v) is 5.89. The van der Waals surface area contributed by atoms with E-state index < -0.39 is 22.0 Å². The molecular weight excluding hydrogens is 338 g/mol. The highest BCUT2D eigenvalue weighted by molar-refractivity contribution is 7.89. The van der Waals surface area contributed by atoms with Crippen molar-refractivity contribution in [1.82, 2.24) is 4.72 Å². The molecule has 25 heavy (non-hydrogen) atoms. The predicted octanol–water partition coefficient (Wildman–Crippen LogP) is 4.56. The largest absolute Gasteiger partial charge is 0.468 e. The van der Waals surface area contributed by atoms with Crippen LogP contribution in [0.15, 0.2) is 0 Å². The number of esters is 1. The fourth-order valence-electron chi connectivity index (χ4n) is 2.83. The van der Waals surface area contributed by atoms with Crippen LogP contribution in [0, 0.1) is 0 Å². The van der Waals surface area contributed by atoms with Crippen molar-refractivity contribution < 1.29 is 17.9 Å². The van der Waals surface area contributed by atoms with Gasteiger partial charge in [0, 0.05) is 0 Å². The maximum Gasteiger partial charge on any atom is 0.323 e. The summed E-state index contributed by atoms with van der Waals surface area (Å²) in [6.07, 6.45) is 13.8. The molecule has 0 spiro atoms. The number of unbranched alkanes of at least 4 members (excludes halogenated alkanes) is 10. The van der Waals surface area contributed by atoms with Crippen LogP contribution in [-0.4, -0.2) is 33.3 Å². The quantitative estimate of drug-likeness (QED) is 0.298. The lowest BCUT2D eigenvalue weighted by Gasteiger charge is -2.16. The van der Waals surface area contributed by atoms with E-state index in [1.807, 2.05) is 6.92 Å². The molecule has 0 heterocycles. The van der Waals surface area contributed by atoms with Crippen LogP contribution in [0.25, 0.3) is 0 Å². The van der Waals surface area contributed by atoms with Gasteiger partial charge in [0.05, 0.1) is 12.9 Å². The zero-order valence-electron chi connectivity index (χ0n) is 16.5. The van der Waals surface area contributed by atoms with E-state index in [4.69, 9.17) is 4.74 Å². The summed E-state index contributed by atoms with van der Waals surface area (Å²) < 4.78 is 31.5. The van der Waals surface area contributed by atoms with E-state index in [9.17, 15) is 13.2 Å². The molecule has 0 aromatic carbocycles. The Hall–Kier alpha value is -0.620. The zero-order chi connectivity index (χ0) is 19.0. The molecule has 0 aromatic heterocycles. The van der Waals surface area contributed by atoms with E-state index in [0.29, 0.717) is 12.8 Å². The van der Waals surface area contributed by atoms with Gasteiger partial charge in [0.25, 0.3) is 0 Å². The third-order valence-electron chi connectivity index (χ3n) is 4.42. The molecule has 1 unspecified atom stereocenters. The molecule has 0 saturated carbocycles. The van der Waals surface area contributed by atoms with Crippen LogP contribution >= 0.6 is 0 Å². The van der Waals surface area contributed by atoms with E-state index in [-0.39, 0.29) is 5.75 Å². The number of hydrogen-bond donors (Lipinski definition) is 1. The van der Waals surface area contributed by atoms with Gasteiger partial charge in [-0.1, -0.05) is 84.5 Å². The number of nitrogens with one attached hydrogen (secondary N) is 1. The van der Waals surface area contributed by atoms with Gasteiger partial charge in [-0.2, -0.15) is 0 Å². The lowest BCUT2D eigenvalue weighted by molar-refractivity contribution is -0.142. The Kier molecular flexibility index (Phi) is 15.2. The van der Waals surface area contributed by atoms with Crippen molar-refractivity contribution in [3.8, 4) is 0 Å². The van der Waals surface area contributed by atoms with Crippen molar-refractivity contribution in [3.05, 3.63) is 0 Å². The fourth-order valence-corrected chi connectivity index (χ4v) is 4.18. The molecule has 1 atom stereocenters. The van der Waals surface area contributed by atoms with Gasteiger partial charge in [0.15, 0.2) is 0 Å². The smallest absolute Gasteiger partial charge is 0.323 e. The van der Waals surface area contributed by atoms with Crippen molar-refractivity contribution in [3.63, 3.8) is 0 Å². The first-order valence-electron chi connectivity index (χ1n) is 10.0. The summed E-state index contributed by atoms with van der Waals surface area (Å²) in [4.78, 5) is 11.7. The second-order valence-corrected chi connectivity index (χ2v) is 8.71. The summed E-state index contributed by atoms with van der Waals surface area (Å²) in [5, 5.41) is 0. The number of sulfonamides is 1. The van der Waals surface area contributed by atoms with Crippen LogP contribution in [0.2, 0.25) is 0 Å². The van der Waals surface area contributed by atoms with Crippen LogP contribution < -0.4 is 4.72 Å². The van der Waals surface area contributed by atoms with Gasteiger partial charge in [0.2, 0.25) is 10.0 Å². The van der Waals surface area contributed by atoms with Crippen LogP contribution in [0.3, 0.4) is 0 Å². The minimum absolute atomic E-state index is 0.0864. The highest BCUT2D eigenvalue weighted by atomic mass is 32.2. The predicted molar refractivity (Wildman–Crippen MR) is 104 cm³/mol. The first-order chi connectivity index (χ1) is 12.0. The minimum atomic E-state index is -3.42. The van der Waals surface area contributed by atoms with Gasteiger partial charge in [0.1, 0.15) is 6.04 Å². The van der Waals surface area contributed by atoms with Crippen LogP contribution in [-0.2, 0) is 19.6 Å². The lowest BCUT2D eigenvalue weighted by atomic mass is 10.1. The monoisotopic (exact) mass is 377 g/mol. The molecule has 0 aromatic rings. The lowest BCUT2D eigenvalue weighted by Crippen LogP contribution is -2.42. The molecule has 0 amide bonds. The second-order valence-electron chi connectivity index (χ2n) is 6.84. The Balaban J connectivity index is 3.89. The van der Waals surface area contributed by atoms with Gasteiger partial charge in [-0.05, 0) is 12.8 Å². The number of rotatable bonds is 17. The number of carbonyl (C=O) groups is 1. The molecule has 0 aliphatic rings. The molecule has 0 rings (SSSR count). The van der Waals surface area contributed by atoms with Crippen molar-refractivity contribution in [2.75, 3.05) is 12.9 Å². The molecule has 0 radical (unpaired) electrons. The van der Waals surface area contributed by atoms with Gasteiger partial charge in [-0.15, -0.1) is 0 Å². The molecule has 0 bridgehead atoms. The highest BCUT2D eigenvalue weighted by Gasteiger charge is 2.24. The minimum Gasteiger partial charge on any atom is -0.468 e. The molecule has 150 valence electrons. The first kappa shape index (κ1) is 24.4. The Bertz CT molecular complexity index is 423. The molecule has 1 N–H and O–H groups in total. The number of hydrogen-bond acceptors (Lipinski definition) is 4. The van der Waals surface area contributed by atoms with Crippen molar-refractivity contribution in [1.29, 1.82) is 0 Å². The SMILES string of the molecule is CCCCCCCCCCCCS(=O)(=O)NC(CCCC)C(=O)OC. The molecule has 5 nitrogen and oxygen atoms in total. The first-order valence-corrected chi connectivity index (χ1v) is 11.7. The summed E-state index contributed by atoms with van der Waals surface area (Å²) in [6.45, 7) is 4.23. The zero-order valence-corrected chi connectivity index (χ0v) is 17.3. The maximum absolute atomic E-state index is 12.1. The van der Waals surface area contributed by atoms with E-state index >= 15 is 0 Å². The maximum atomic E-state index is 12.1. The second kappa shape index (κ2) is 15.6. The third kappa shape index (κ3) is 14.3. The Morgan fingerprint density at radius 2 is 1.32 bits per heavy atom. The Morgan fingerprint density at radius 3 is 1.80 bits per heavy atom. The van der Waals surface area contributed by atoms with E-state index in [2.05, 4.69) is 11.6 Å². The summed E-state index contributed by atoms with van der Waals surface area (Å²) in [6, 6.07) is -0.752. The Morgan fingerprint density at radius 1 is 0.840 bits per heavy atom. The normalized spacial score (nSPS) is 12.9. The van der Waals surface area contributed by atoms with Crippen LogP contribution in [0.4, 0.5) is 0 Å². The van der Waals surface area contributed by atoms with Crippen molar-refractivity contribution in [2.24, 2.45) is 0 Å². The molecule has 0 aliphatic heterocycles. The molecule has 6 heteroatoms. The van der Waals surface area contributed by atoms with Crippen LogP contribution in [0.5, 0.6) is 0 Å². The summed E-state index contributed by atoms with van der Waals surface area (Å²) in [5.74, 6) is -0.413. The van der Waals surface area contributed by atoms with Gasteiger partial charge in [-0.25, -0.2) is 13.1 Å². The molecular formula is C19H39NO4S. The van der Waals surface area contributed by atoms with Crippen molar-refractivity contribution >= 4 is 16.0 Å². The molecule has 0 saturated heterocycles. The molecule has 0 fully saturated rings. The van der Waals surface area contributed by atoms with Gasteiger partial charge < -0.3 is 4.74 Å². The fraction of sp³-hybridized carbons (Fsp3) is 0.947. The summed E-state index contributed by atoms with van der Waals surface area (Å²) >= 11 is 0. The van der Waals surface area contributed by atoms with Gasteiger partial charge in [-0.3, -0.25) is 4.79 Å². The number of ether oxygens (including phenoxy) is 1. The van der Waals surface area contributed by atoms with Gasteiger partial charge >= 0.3 is 5.97 Å². The summed E-state index contributed by atoms with van der Waals surface area (Å²) in [7, 11) is -2.14. The topological polar surface area (TPSA) is 72.5 Å². The Labute approximate surface area is 155 Å².